The zero-order valence-electron chi connectivity index (χ0n) is 37.0. The molecule has 0 radical (unpaired) electrons. The number of rotatable bonds is 6. The predicted octanol–water partition coefficient (Wildman–Crippen LogP) is 7.16. The van der Waals surface area contributed by atoms with Gasteiger partial charge in [-0.25, -0.2) is 27.5 Å². The molecule has 6 rings (SSSR count). The maximum atomic E-state index is 14.7. The van der Waals surface area contributed by atoms with Crippen molar-refractivity contribution in [2.24, 2.45) is 28.2 Å². The SMILES string of the molecule is C.C.C.C.CS(=O)(=O)OS(=O)(=O)C(F)(F)F.Cc1c(O)c2c(=O)n(C)c(=O)n(-c3ccc(I)cc3F)c2n(C)c1=O.Cc1c(OS(=O)(=O)C(F)(F)F)c2c(=O)n(C)c(=O)n(-c3ccc(I)cc3F)c2n(C)c1=O.ClC(Cl)Cl. The Hall–Kier alpha value is -4.60. The summed E-state index contributed by atoms with van der Waals surface area (Å²) in [6.07, 6.45) is 0.191. The molecule has 21 nitrogen and oxygen atoms in total. The van der Waals surface area contributed by atoms with E-state index in [9.17, 15) is 94.3 Å². The lowest BCUT2D eigenvalue weighted by molar-refractivity contribution is -0.0503. The minimum Gasteiger partial charge on any atom is -0.506 e. The highest BCUT2D eigenvalue weighted by atomic mass is 127. The van der Waals surface area contributed by atoms with Crippen LogP contribution >= 0.6 is 80.0 Å². The molecule has 4 heterocycles. The number of fused-ring (bicyclic) bond motifs is 2. The zero-order chi connectivity index (χ0) is 56.7. The Kier molecular flexibility index (Phi) is 26.2. The van der Waals surface area contributed by atoms with Gasteiger partial charge >= 0.3 is 42.6 Å². The van der Waals surface area contributed by atoms with E-state index in [0.29, 0.717) is 16.3 Å². The quantitative estimate of drug-likeness (QED) is 0.0570. The van der Waals surface area contributed by atoms with Crippen LogP contribution < -0.4 is 37.8 Å². The van der Waals surface area contributed by atoms with E-state index in [1.165, 1.54) is 39.2 Å². The summed E-state index contributed by atoms with van der Waals surface area (Å²) in [7, 11) is -12.4. The second kappa shape index (κ2) is 27.0. The summed E-state index contributed by atoms with van der Waals surface area (Å²) >= 11 is 18.1. The van der Waals surface area contributed by atoms with Gasteiger partial charge in [-0.1, -0.05) is 64.5 Å². The molecule has 0 atom stereocenters. The van der Waals surface area contributed by atoms with Crippen molar-refractivity contribution in [1.29, 1.82) is 0 Å². The first-order valence-corrected chi connectivity index (χ1v) is 26.5. The van der Waals surface area contributed by atoms with Crippen molar-refractivity contribution in [1.82, 2.24) is 27.4 Å². The molecule has 77 heavy (non-hydrogen) atoms. The molecule has 434 valence electrons. The topological polar surface area (TPSA) is 273 Å². The Morgan fingerprint density at radius 3 is 1.21 bits per heavy atom. The molecule has 1 N–H and O–H groups in total. The molecule has 0 spiro atoms. The van der Waals surface area contributed by atoms with E-state index in [-0.39, 0.29) is 58.2 Å². The molecule has 0 bridgehead atoms. The van der Waals surface area contributed by atoms with Gasteiger partial charge in [-0.3, -0.25) is 37.4 Å². The average Bonchev–Trinajstić information content (AvgIpc) is 3.23. The van der Waals surface area contributed by atoms with Crippen molar-refractivity contribution in [2.45, 2.75) is 58.9 Å². The number of hydrogen-bond donors (Lipinski definition) is 1. The molecule has 2 aromatic carbocycles. The maximum Gasteiger partial charge on any atom is 0.534 e. The molecule has 0 fully saturated rings. The summed E-state index contributed by atoms with van der Waals surface area (Å²) in [5.74, 6) is -3.36. The first-order chi connectivity index (χ1) is 32.9. The smallest absolute Gasteiger partial charge is 0.506 e. The summed E-state index contributed by atoms with van der Waals surface area (Å²) in [5.41, 5.74) is -19.3. The molecule has 0 aliphatic heterocycles. The van der Waals surface area contributed by atoms with E-state index in [0.717, 1.165) is 51.4 Å². The van der Waals surface area contributed by atoms with Gasteiger partial charge in [0.15, 0.2) is 10.0 Å². The summed E-state index contributed by atoms with van der Waals surface area (Å²) in [6.45, 7) is 2.32. The Morgan fingerprint density at radius 2 is 0.896 bits per heavy atom. The Balaban J connectivity index is 0. The fourth-order valence-corrected chi connectivity index (χ4v) is 8.98. The van der Waals surface area contributed by atoms with Crippen molar-refractivity contribution in [3.05, 3.63) is 129 Å². The lowest BCUT2D eigenvalue weighted by Gasteiger charge is -2.19. The number of hydrogen-bond acceptors (Lipinski definition) is 15. The molecule has 0 aliphatic carbocycles. The Bertz CT molecular complexity index is 3960. The van der Waals surface area contributed by atoms with Crippen LogP contribution in [0.1, 0.15) is 40.8 Å². The van der Waals surface area contributed by atoms with E-state index >= 15 is 0 Å². The van der Waals surface area contributed by atoms with Crippen molar-refractivity contribution >= 4 is 132 Å². The van der Waals surface area contributed by atoms with E-state index in [4.69, 9.17) is 34.8 Å². The molecule has 0 amide bonds. The van der Waals surface area contributed by atoms with Crippen molar-refractivity contribution in [2.75, 3.05) is 6.26 Å². The van der Waals surface area contributed by atoms with Gasteiger partial charge in [0.25, 0.3) is 32.4 Å². The van der Waals surface area contributed by atoms with Crippen molar-refractivity contribution < 1.29 is 73.3 Å². The van der Waals surface area contributed by atoms with Crippen LogP contribution in [0.4, 0.5) is 35.1 Å². The molecule has 0 aliphatic rings. The average molecular weight is 1460 g/mol. The van der Waals surface area contributed by atoms with E-state index < -0.39 is 125 Å². The van der Waals surface area contributed by atoms with E-state index in [1.54, 1.807) is 28.7 Å². The number of aromatic nitrogens is 6. The second-order valence-electron chi connectivity index (χ2n) is 14.1. The van der Waals surface area contributed by atoms with Crippen LogP contribution in [0.15, 0.2) is 65.2 Å². The number of alkyl halides is 9. The zero-order valence-corrected chi connectivity index (χ0v) is 46.1. The molecule has 0 unspecified atom stereocenters. The van der Waals surface area contributed by atoms with Crippen LogP contribution in [0, 0.1) is 32.6 Å². The predicted molar refractivity (Wildman–Crippen MR) is 291 cm³/mol. The Morgan fingerprint density at radius 1 is 0.571 bits per heavy atom. The monoisotopic (exact) mass is 1460 g/mol. The van der Waals surface area contributed by atoms with Gasteiger partial charge in [-0.2, -0.15) is 51.6 Å². The standard InChI is InChI=1S/C17H12F4IN3O6S.C16H13FIN3O4.C2H3F3O5S2.CHCl3.4CH4/c1-7-12(31-32(29,30)17(19,20)21)11-13(23(2)14(7)26)25(16(28)24(3)15(11)27)10-5-4-8(22)6-9(10)18;1-7-12(22)11-13(19(2)14(7)23)21(16(25)20(3)15(11)24)10-5-4-8(18)6-9(10)17;1-11(6,7)10-12(8,9)2(3,4)5;2-1(3)4;;;;/h4-6H,1-3H3;4-6,22H,1-3H3;1H3;1H;4*1H4. The number of pyridine rings is 2. The fourth-order valence-electron chi connectivity index (χ4n) is 5.94. The highest BCUT2D eigenvalue weighted by Gasteiger charge is 2.50. The van der Waals surface area contributed by atoms with Gasteiger partial charge in [0.2, 0.25) is 0 Å². The lowest BCUT2D eigenvalue weighted by atomic mass is 10.2. The molecule has 6 aromatic rings. The van der Waals surface area contributed by atoms with E-state index in [1.807, 2.05) is 22.6 Å². The van der Waals surface area contributed by atoms with Gasteiger partial charge in [-0.05, 0) is 95.4 Å². The van der Waals surface area contributed by atoms with Crippen LogP contribution in [-0.4, -0.2) is 79.3 Å². The molecular formula is C40H45Cl3F8I2N6O15S3. The second-order valence-corrected chi connectivity index (χ2v) is 23.4. The third kappa shape index (κ3) is 16.0. The van der Waals surface area contributed by atoms with Crippen molar-refractivity contribution in [3.8, 4) is 22.9 Å². The van der Waals surface area contributed by atoms with Crippen molar-refractivity contribution in [3.63, 3.8) is 0 Å². The van der Waals surface area contributed by atoms with Crippen LogP contribution in [0.3, 0.4) is 0 Å². The van der Waals surface area contributed by atoms with Gasteiger partial charge in [0, 0.05) is 35.3 Å². The normalized spacial score (nSPS) is 11.5. The maximum absolute atomic E-state index is 14.7. The van der Waals surface area contributed by atoms with Crippen LogP contribution in [0.2, 0.25) is 0 Å². The summed E-state index contributed by atoms with van der Waals surface area (Å²) in [5, 5.41) is 9.25. The lowest BCUT2D eigenvalue weighted by Crippen LogP contribution is -2.41. The van der Waals surface area contributed by atoms with Gasteiger partial charge in [0.05, 0.1) is 28.8 Å². The minimum absolute atomic E-state index is 0. The molecule has 0 saturated heterocycles. The summed E-state index contributed by atoms with van der Waals surface area (Å²) in [6, 6.07) is 7.79. The summed E-state index contributed by atoms with van der Waals surface area (Å²) < 4.78 is 177. The highest BCUT2D eigenvalue weighted by molar-refractivity contribution is 14.1. The number of halogens is 13. The highest BCUT2D eigenvalue weighted by Crippen LogP contribution is 2.32. The number of nitrogens with zero attached hydrogens (tertiary/aromatic N) is 6. The van der Waals surface area contributed by atoms with Crippen LogP contribution in [0.5, 0.6) is 11.5 Å². The number of aromatic hydroxyl groups is 1. The molecule has 37 heteroatoms. The molecule has 4 aromatic heterocycles. The summed E-state index contributed by atoms with van der Waals surface area (Å²) in [4.78, 5) is 75.8. The third-order valence-corrected chi connectivity index (χ3v) is 13.8. The fraction of sp³-hybridized carbons (Fsp3) is 0.350. The van der Waals surface area contributed by atoms with E-state index in [2.05, 4.69) is 7.81 Å². The largest absolute Gasteiger partial charge is 0.534 e. The number of aryl methyl sites for hydroxylation is 2. The minimum atomic E-state index is -6.28. The van der Waals surface area contributed by atoms with Crippen LogP contribution in [-0.2, 0) is 62.2 Å². The van der Waals surface area contributed by atoms with Gasteiger partial charge in [-0.15, -0.1) is 3.63 Å². The first kappa shape index (κ1) is 74.5. The van der Waals surface area contributed by atoms with Gasteiger partial charge < -0.3 is 9.29 Å². The first-order valence-electron chi connectivity index (χ1n) is 18.4. The third-order valence-electron chi connectivity index (χ3n) is 9.18. The number of benzene rings is 2. The van der Waals surface area contributed by atoms with Crippen LogP contribution in [0.25, 0.3) is 33.4 Å². The molecule has 0 saturated carbocycles. The molecular weight excluding hydrogens is 1410 g/mol. The van der Waals surface area contributed by atoms with Gasteiger partial charge in [0.1, 0.15) is 39.5 Å². The Labute approximate surface area is 474 Å².